The van der Waals surface area contributed by atoms with Gasteiger partial charge in [0.1, 0.15) is 19.0 Å². The number of carbonyl (C=O) groups excluding carboxylic acids is 1. The lowest BCUT2D eigenvalue weighted by Crippen LogP contribution is -2.42. The molecule has 0 radical (unpaired) electrons. The molecule has 5 nitrogen and oxygen atoms in total. The van der Waals surface area contributed by atoms with Crippen LogP contribution in [0.4, 0.5) is 13.2 Å². The minimum Gasteiger partial charge on any atom is -0.362 e. The Balaban J connectivity index is 1.72. The number of ether oxygens (including phenoxy) is 1. The van der Waals surface area contributed by atoms with Crippen LogP contribution in [0.3, 0.4) is 0 Å². The quantitative estimate of drug-likeness (QED) is 0.889. The minimum absolute atomic E-state index is 0.0938. The highest BCUT2D eigenvalue weighted by Gasteiger charge is 2.28. The zero-order chi connectivity index (χ0) is 13.9. The summed E-state index contributed by atoms with van der Waals surface area (Å²) in [7, 11) is 0. The van der Waals surface area contributed by atoms with Crippen LogP contribution >= 0.6 is 0 Å². The molecule has 106 valence electrons. The van der Waals surface area contributed by atoms with Crippen molar-refractivity contribution in [2.24, 2.45) is 0 Å². The normalized spacial score (nSPS) is 19.0. The molecule has 0 saturated carbocycles. The van der Waals surface area contributed by atoms with Crippen molar-refractivity contribution in [3.63, 3.8) is 0 Å². The second-order valence-corrected chi connectivity index (χ2v) is 4.41. The van der Waals surface area contributed by atoms with Crippen LogP contribution in [0.15, 0.2) is 12.4 Å². The van der Waals surface area contributed by atoms with E-state index in [1.807, 2.05) is 10.8 Å². The van der Waals surface area contributed by atoms with E-state index >= 15 is 0 Å². The molecule has 1 aromatic rings. The van der Waals surface area contributed by atoms with Gasteiger partial charge in [0.2, 0.25) is 5.91 Å². The van der Waals surface area contributed by atoms with Crippen LogP contribution in [0.25, 0.3) is 0 Å². The van der Waals surface area contributed by atoms with E-state index in [1.54, 1.807) is 6.20 Å². The Morgan fingerprint density at radius 1 is 1.58 bits per heavy atom. The van der Waals surface area contributed by atoms with Gasteiger partial charge in [-0.05, 0) is 6.42 Å². The minimum atomic E-state index is -4.41. The van der Waals surface area contributed by atoms with Crippen molar-refractivity contribution in [1.82, 2.24) is 14.9 Å². The van der Waals surface area contributed by atoms with Crippen molar-refractivity contribution in [2.45, 2.75) is 31.6 Å². The highest BCUT2D eigenvalue weighted by Crippen LogP contribution is 2.15. The van der Waals surface area contributed by atoms with E-state index in [1.165, 1.54) is 0 Å². The van der Waals surface area contributed by atoms with Gasteiger partial charge < -0.3 is 14.6 Å². The van der Waals surface area contributed by atoms with E-state index in [0.29, 0.717) is 6.54 Å². The fourth-order valence-corrected chi connectivity index (χ4v) is 2.01. The second kappa shape index (κ2) is 5.60. The van der Waals surface area contributed by atoms with Gasteiger partial charge in [0.15, 0.2) is 0 Å². The first-order valence-corrected chi connectivity index (χ1v) is 5.88. The zero-order valence-corrected chi connectivity index (χ0v) is 10.1. The van der Waals surface area contributed by atoms with Crippen molar-refractivity contribution in [3.8, 4) is 0 Å². The van der Waals surface area contributed by atoms with Crippen LogP contribution in [0, 0.1) is 0 Å². The monoisotopic (exact) mass is 277 g/mol. The first kappa shape index (κ1) is 13.9. The summed E-state index contributed by atoms with van der Waals surface area (Å²) in [6.45, 7) is -1.40. The number of alkyl halides is 3. The third kappa shape index (κ3) is 4.23. The van der Waals surface area contributed by atoms with E-state index in [2.05, 4.69) is 15.0 Å². The molecule has 1 unspecified atom stereocenters. The summed E-state index contributed by atoms with van der Waals surface area (Å²) in [4.78, 5) is 15.6. The van der Waals surface area contributed by atoms with E-state index in [0.717, 1.165) is 18.7 Å². The van der Waals surface area contributed by atoms with Gasteiger partial charge in [-0.25, -0.2) is 4.98 Å². The molecule has 1 amide bonds. The lowest BCUT2D eigenvalue weighted by atomic mass is 10.1. The van der Waals surface area contributed by atoms with Gasteiger partial charge in [-0.3, -0.25) is 4.79 Å². The van der Waals surface area contributed by atoms with Crippen LogP contribution in [-0.2, 0) is 22.5 Å². The summed E-state index contributed by atoms with van der Waals surface area (Å²) >= 11 is 0. The number of nitrogens with one attached hydrogen (secondary N) is 1. The van der Waals surface area contributed by atoms with Crippen molar-refractivity contribution in [1.29, 1.82) is 0 Å². The Labute approximate surface area is 107 Å². The Hall–Kier alpha value is -1.57. The van der Waals surface area contributed by atoms with Crippen molar-refractivity contribution in [2.75, 3.05) is 13.2 Å². The summed E-state index contributed by atoms with van der Waals surface area (Å²) < 4.78 is 41.7. The molecular weight excluding hydrogens is 263 g/mol. The molecule has 1 aliphatic rings. The SMILES string of the molecule is O=C(COCC(F)(F)F)NC1CCc2nccn2C1. The number of rotatable bonds is 4. The molecule has 0 bridgehead atoms. The maximum Gasteiger partial charge on any atom is 0.411 e. The number of imidazole rings is 1. The van der Waals surface area contributed by atoms with E-state index in [-0.39, 0.29) is 6.04 Å². The van der Waals surface area contributed by atoms with Crippen LogP contribution in [0.5, 0.6) is 0 Å². The number of carbonyl (C=O) groups is 1. The number of amides is 1. The third-order valence-corrected chi connectivity index (χ3v) is 2.80. The number of hydrogen-bond acceptors (Lipinski definition) is 3. The number of hydrogen-bond donors (Lipinski definition) is 1. The van der Waals surface area contributed by atoms with E-state index in [9.17, 15) is 18.0 Å². The van der Waals surface area contributed by atoms with Crippen LogP contribution in [0.1, 0.15) is 12.2 Å². The lowest BCUT2D eigenvalue weighted by molar-refractivity contribution is -0.175. The average Bonchev–Trinajstić information content (AvgIpc) is 2.74. The smallest absolute Gasteiger partial charge is 0.362 e. The molecule has 0 saturated heterocycles. The topological polar surface area (TPSA) is 56.1 Å². The van der Waals surface area contributed by atoms with E-state index in [4.69, 9.17) is 0 Å². The summed E-state index contributed by atoms with van der Waals surface area (Å²) in [6, 6.07) is -0.0938. The molecule has 0 fully saturated rings. The van der Waals surface area contributed by atoms with Crippen LogP contribution in [0.2, 0.25) is 0 Å². The van der Waals surface area contributed by atoms with Crippen LogP contribution in [-0.4, -0.2) is 40.9 Å². The van der Waals surface area contributed by atoms with Gasteiger partial charge >= 0.3 is 6.18 Å². The third-order valence-electron chi connectivity index (χ3n) is 2.80. The molecule has 2 rings (SSSR count). The fraction of sp³-hybridized carbons (Fsp3) is 0.636. The number of aromatic nitrogens is 2. The van der Waals surface area contributed by atoms with Gasteiger partial charge in [-0.2, -0.15) is 13.2 Å². The molecule has 0 aliphatic carbocycles. The molecule has 1 N–H and O–H groups in total. The Bertz CT molecular complexity index is 445. The standard InChI is InChI=1S/C11H14F3N3O2/c12-11(13,14)7-19-6-10(18)16-8-1-2-9-15-3-4-17(9)5-8/h3-4,8H,1-2,5-7H2,(H,16,18). The molecule has 1 aromatic heterocycles. The molecule has 8 heteroatoms. The average molecular weight is 277 g/mol. The molecule has 2 heterocycles. The summed E-state index contributed by atoms with van der Waals surface area (Å²) in [6.07, 6.45) is 0.556. The highest BCUT2D eigenvalue weighted by molar-refractivity contribution is 5.77. The highest BCUT2D eigenvalue weighted by atomic mass is 19.4. The van der Waals surface area contributed by atoms with Gasteiger partial charge in [0, 0.05) is 31.4 Å². The fourth-order valence-electron chi connectivity index (χ4n) is 2.01. The molecule has 19 heavy (non-hydrogen) atoms. The van der Waals surface area contributed by atoms with Gasteiger partial charge in [0.05, 0.1) is 0 Å². The summed E-state index contributed by atoms with van der Waals surface area (Å²) in [5.74, 6) is 0.427. The second-order valence-electron chi connectivity index (χ2n) is 4.41. The number of nitrogens with zero attached hydrogens (tertiary/aromatic N) is 2. The predicted molar refractivity (Wildman–Crippen MR) is 59.4 cm³/mol. The van der Waals surface area contributed by atoms with Crippen molar-refractivity contribution < 1.29 is 22.7 Å². The van der Waals surface area contributed by atoms with Gasteiger partial charge in [-0.1, -0.05) is 0 Å². The number of halogens is 3. The van der Waals surface area contributed by atoms with Crippen molar-refractivity contribution in [3.05, 3.63) is 18.2 Å². The maximum atomic E-state index is 11.8. The van der Waals surface area contributed by atoms with Gasteiger partial charge in [0.25, 0.3) is 0 Å². The van der Waals surface area contributed by atoms with E-state index < -0.39 is 25.3 Å². The Morgan fingerprint density at radius 2 is 2.37 bits per heavy atom. The molecule has 1 atom stereocenters. The molecule has 1 aliphatic heterocycles. The number of fused-ring (bicyclic) bond motifs is 1. The Kier molecular flexibility index (Phi) is 4.08. The first-order valence-electron chi connectivity index (χ1n) is 5.88. The zero-order valence-electron chi connectivity index (χ0n) is 10.1. The van der Waals surface area contributed by atoms with Crippen LogP contribution < -0.4 is 5.32 Å². The Morgan fingerprint density at radius 3 is 3.11 bits per heavy atom. The predicted octanol–water partition coefficient (Wildman–Crippen LogP) is 0.893. The van der Waals surface area contributed by atoms with Crippen molar-refractivity contribution >= 4 is 5.91 Å². The molecule has 0 aromatic carbocycles. The summed E-state index contributed by atoms with van der Waals surface area (Å²) in [5, 5.41) is 2.66. The summed E-state index contributed by atoms with van der Waals surface area (Å²) in [5.41, 5.74) is 0. The molecule has 0 spiro atoms. The van der Waals surface area contributed by atoms with Gasteiger partial charge in [-0.15, -0.1) is 0 Å². The largest absolute Gasteiger partial charge is 0.411 e. The lowest BCUT2D eigenvalue weighted by Gasteiger charge is -2.24. The maximum absolute atomic E-state index is 11.8. The first-order chi connectivity index (χ1) is 8.94. The molecular formula is C11H14F3N3O2. The number of aryl methyl sites for hydroxylation is 1.